The molecule has 0 bridgehead atoms. The summed E-state index contributed by atoms with van der Waals surface area (Å²) in [5.41, 5.74) is 1.88. The van der Waals surface area contributed by atoms with E-state index in [9.17, 15) is 4.39 Å². The number of benzene rings is 1. The second-order valence-corrected chi connectivity index (χ2v) is 4.86. The van der Waals surface area contributed by atoms with Crippen LogP contribution >= 0.6 is 23.3 Å². The van der Waals surface area contributed by atoms with Crippen LogP contribution in [0.2, 0.25) is 5.02 Å². The Morgan fingerprint density at radius 1 is 1.50 bits per heavy atom. The average molecular weight is 286 g/mol. The Bertz CT molecular complexity index is 504. The number of aromatic nitrogens is 2. The maximum atomic E-state index is 13.1. The molecule has 6 heteroatoms. The van der Waals surface area contributed by atoms with E-state index in [1.807, 2.05) is 6.92 Å². The molecule has 1 unspecified atom stereocenters. The molecule has 1 heterocycles. The quantitative estimate of drug-likeness (QED) is 0.916. The number of hydrogen-bond acceptors (Lipinski definition) is 4. The highest BCUT2D eigenvalue weighted by Gasteiger charge is 2.14. The fraction of sp³-hybridized carbons (Fsp3) is 0.333. The Kier molecular flexibility index (Phi) is 4.63. The van der Waals surface area contributed by atoms with E-state index in [2.05, 4.69) is 14.1 Å². The topological polar surface area (TPSA) is 37.8 Å². The molecular formula is C12H13ClFN3S. The number of halogens is 2. The second kappa shape index (κ2) is 6.22. The minimum absolute atomic E-state index is 0.0790. The van der Waals surface area contributed by atoms with Gasteiger partial charge >= 0.3 is 0 Å². The summed E-state index contributed by atoms with van der Waals surface area (Å²) in [7, 11) is 0. The molecular weight excluding hydrogens is 273 g/mol. The highest BCUT2D eigenvalue weighted by atomic mass is 35.5. The lowest BCUT2D eigenvalue weighted by molar-refractivity contribution is 0.539. The normalized spacial score (nSPS) is 12.6. The van der Waals surface area contributed by atoms with E-state index in [1.54, 1.807) is 18.3 Å². The van der Waals surface area contributed by atoms with Crippen LogP contribution < -0.4 is 5.32 Å². The van der Waals surface area contributed by atoms with Crippen LogP contribution in [-0.4, -0.2) is 15.3 Å². The second-order valence-electron chi connectivity index (χ2n) is 3.90. The molecule has 0 saturated carbocycles. The van der Waals surface area contributed by atoms with Crippen LogP contribution in [0.5, 0.6) is 0 Å². The molecule has 0 radical (unpaired) electrons. The molecule has 0 fully saturated rings. The molecule has 18 heavy (non-hydrogen) atoms. The Labute approximate surface area is 114 Å². The van der Waals surface area contributed by atoms with Gasteiger partial charge in [-0.3, -0.25) is 0 Å². The van der Waals surface area contributed by atoms with Crippen molar-refractivity contribution < 1.29 is 4.39 Å². The third kappa shape index (κ3) is 3.25. The first-order valence-electron chi connectivity index (χ1n) is 5.65. The predicted molar refractivity (Wildman–Crippen MR) is 71.4 cm³/mol. The standard InChI is InChI=1S/C12H13ClFN3S/c1-2-15-11(12-7-16-18-17-12)6-8-3-4-10(14)9(13)5-8/h3-5,7,11,15H,2,6H2,1H3. The first-order chi connectivity index (χ1) is 8.70. The van der Waals surface area contributed by atoms with Crippen molar-refractivity contribution in [1.82, 2.24) is 14.1 Å². The number of nitrogens with one attached hydrogen (secondary N) is 1. The van der Waals surface area contributed by atoms with Crippen LogP contribution in [0.1, 0.15) is 24.2 Å². The summed E-state index contributed by atoms with van der Waals surface area (Å²) >= 11 is 6.96. The highest BCUT2D eigenvalue weighted by Crippen LogP contribution is 2.21. The van der Waals surface area contributed by atoms with Crippen molar-refractivity contribution in [3.63, 3.8) is 0 Å². The van der Waals surface area contributed by atoms with Gasteiger partial charge in [-0.15, -0.1) is 0 Å². The van der Waals surface area contributed by atoms with Crippen LogP contribution in [0.25, 0.3) is 0 Å². The lowest BCUT2D eigenvalue weighted by Gasteiger charge is -2.15. The smallest absolute Gasteiger partial charge is 0.141 e. The molecule has 0 spiro atoms. The van der Waals surface area contributed by atoms with Gasteiger partial charge in [0.25, 0.3) is 0 Å². The Morgan fingerprint density at radius 2 is 2.33 bits per heavy atom. The van der Waals surface area contributed by atoms with Crippen molar-refractivity contribution in [2.24, 2.45) is 0 Å². The van der Waals surface area contributed by atoms with Crippen molar-refractivity contribution >= 4 is 23.3 Å². The third-order valence-corrected chi connectivity index (χ3v) is 3.39. The molecule has 0 aliphatic heterocycles. The number of likely N-dealkylation sites (N-methyl/N-ethyl adjacent to an activating group) is 1. The Morgan fingerprint density at radius 3 is 2.94 bits per heavy atom. The Hall–Kier alpha value is -1.04. The molecule has 3 nitrogen and oxygen atoms in total. The maximum Gasteiger partial charge on any atom is 0.141 e. The van der Waals surface area contributed by atoms with Crippen molar-refractivity contribution in [1.29, 1.82) is 0 Å². The van der Waals surface area contributed by atoms with Gasteiger partial charge in [0.1, 0.15) is 5.82 Å². The number of hydrogen-bond donors (Lipinski definition) is 1. The minimum Gasteiger partial charge on any atom is -0.309 e. The summed E-state index contributed by atoms with van der Waals surface area (Å²) in [6, 6.07) is 4.86. The summed E-state index contributed by atoms with van der Waals surface area (Å²) in [5.74, 6) is -0.393. The zero-order chi connectivity index (χ0) is 13.0. The van der Waals surface area contributed by atoms with Gasteiger partial charge in [-0.05, 0) is 30.7 Å². The fourth-order valence-electron chi connectivity index (χ4n) is 1.76. The van der Waals surface area contributed by atoms with Gasteiger partial charge in [-0.25, -0.2) is 4.39 Å². The number of rotatable bonds is 5. The van der Waals surface area contributed by atoms with Gasteiger partial charge in [0.2, 0.25) is 0 Å². The molecule has 0 aliphatic rings. The van der Waals surface area contributed by atoms with Gasteiger partial charge in [0.15, 0.2) is 0 Å². The van der Waals surface area contributed by atoms with Gasteiger partial charge < -0.3 is 5.32 Å². The summed E-state index contributed by atoms with van der Waals surface area (Å²) in [4.78, 5) is 0. The first kappa shape index (κ1) is 13.4. The molecule has 1 aromatic heterocycles. The summed E-state index contributed by atoms with van der Waals surface area (Å²) in [6.07, 6.45) is 2.46. The first-order valence-corrected chi connectivity index (χ1v) is 6.76. The van der Waals surface area contributed by atoms with Crippen LogP contribution in [0.15, 0.2) is 24.4 Å². The molecule has 0 amide bonds. The summed E-state index contributed by atoms with van der Waals surface area (Å²) in [5, 5.41) is 3.49. The zero-order valence-electron chi connectivity index (χ0n) is 9.86. The van der Waals surface area contributed by atoms with Crippen molar-refractivity contribution in [2.45, 2.75) is 19.4 Å². The summed E-state index contributed by atoms with van der Waals surface area (Å²) < 4.78 is 21.3. The predicted octanol–water partition coefficient (Wildman–Crippen LogP) is 3.22. The molecule has 2 aromatic rings. The monoisotopic (exact) mass is 285 g/mol. The molecule has 0 saturated heterocycles. The molecule has 1 N–H and O–H groups in total. The van der Waals surface area contributed by atoms with Crippen molar-refractivity contribution in [3.05, 3.63) is 46.5 Å². The van der Waals surface area contributed by atoms with Crippen LogP contribution in [0, 0.1) is 5.82 Å². The average Bonchev–Trinajstić information content (AvgIpc) is 2.87. The Balaban J connectivity index is 2.16. The molecule has 1 aromatic carbocycles. The zero-order valence-corrected chi connectivity index (χ0v) is 11.4. The fourth-order valence-corrected chi connectivity index (χ4v) is 2.43. The molecule has 2 rings (SSSR count). The lowest BCUT2D eigenvalue weighted by Crippen LogP contribution is -2.23. The molecule has 96 valence electrons. The van der Waals surface area contributed by atoms with Crippen LogP contribution in [0.3, 0.4) is 0 Å². The molecule has 0 aliphatic carbocycles. The van der Waals surface area contributed by atoms with E-state index >= 15 is 0 Å². The highest BCUT2D eigenvalue weighted by molar-refractivity contribution is 6.99. The molecule has 1 atom stereocenters. The van der Waals surface area contributed by atoms with E-state index in [0.29, 0.717) is 6.42 Å². The largest absolute Gasteiger partial charge is 0.309 e. The van der Waals surface area contributed by atoms with Crippen LogP contribution in [-0.2, 0) is 6.42 Å². The maximum absolute atomic E-state index is 13.1. The van der Waals surface area contributed by atoms with E-state index in [1.165, 1.54) is 17.8 Å². The SMILES string of the molecule is CCNC(Cc1ccc(F)c(Cl)c1)c1cnsn1. The van der Waals surface area contributed by atoms with Gasteiger partial charge in [-0.1, -0.05) is 24.6 Å². The van der Waals surface area contributed by atoms with E-state index in [0.717, 1.165) is 17.8 Å². The lowest BCUT2D eigenvalue weighted by atomic mass is 10.0. The van der Waals surface area contributed by atoms with Crippen LogP contribution in [0.4, 0.5) is 4.39 Å². The van der Waals surface area contributed by atoms with E-state index in [-0.39, 0.29) is 11.1 Å². The van der Waals surface area contributed by atoms with E-state index < -0.39 is 5.82 Å². The third-order valence-electron chi connectivity index (χ3n) is 2.61. The van der Waals surface area contributed by atoms with Gasteiger partial charge in [0.05, 0.1) is 34.7 Å². The van der Waals surface area contributed by atoms with Crippen molar-refractivity contribution in [3.8, 4) is 0 Å². The van der Waals surface area contributed by atoms with Crippen molar-refractivity contribution in [2.75, 3.05) is 6.54 Å². The number of nitrogens with zero attached hydrogens (tertiary/aromatic N) is 2. The van der Waals surface area contributed by atoms with Gasteiger partial charge in [-0.2, -0.15) is 8.75 Å². The summed E-state index contributed by atoms with van der Waals surface area (Å²) in [6.45, 7) is 2.86. The van der Waals surface area contributed by atoms with E-state index in [4.69, 9.17) is 11.6 Å². The minimum atomic E-state index is -0.393. The van der Waals surface area contributed by atoms with Gasteiger partial charge in [0, 0.05) is 0 Å².